The molecular formula is C8H17N5O2S. The van der Waals surface area contributed by atoms with Crippen molar-refractivity contribution in [1.82, 2.24) is 10.7 Å². The molecule has 0 aromatic rings. The molecule has 0 aromatic carbocycles. The lowest BCUT2D eigenvalue weighted by atomic mass is 10.2. The summed E-state index contributed by atoms with van der Waals surface area (Å²) < 4.78 is 5.01. The summed E-state index contributed by atoms with van der Waals surface area (Å²) in [4.78, 5) is 11.4. The lowest BCUT2D eigenvalue weighted by molar-refractivity contribution is 0.0521. The van der Waals surface area contributed by atoms with Gasteiger partial charge in [0.05, 0.1) is 6.04 Å². The third kappa shape index (κ3) is 6.23. The fraction of sp³-hybridized carbons (Fsp3) is 0.750. The minimum Gasteiger partial charge on any atom is -0.444 e. The number of rotatable bonds is 4. The van der Waals surface area contributed by atoms with E-state index in [9.17, 15) is 4.79 Å². The van der Waals surface area contributed by atoms with Crippen molar-refractivity contribution in [1.29, 1.82) is 10.9 Å². The number of alkyl carbamates (subject to hydrolysis) is 1. The molecule has 1 amide bonds. The van der Waals surface area contributed by atoms with Gasteiger partial charge in [-0.15, -0.1) is 0 Å². The van der Waals surface area contributed by atoms with Gasteiger partial charge in [0.2, 0.25) is 0 Å². The minimum atomic E-state index is -0.660. The van der Waals surface area contributed by atoms with Gasteiger partial charge in [-0.05, 0) is 20.8 Å². The smallest absolute Gasteiger partial charge is 0.408 e. The topological polar surface area (TPSA) is 110 Å². The monoisotopic (exact) mass is 247 g/mol. The maximum atomic E-state index is 11.4. The summed E-state index contributed by atoms with van der Waals surface area (Å²) in [6.07, 6.45) is -0.636. The van der Waals surface area contributed by atoms with E-state index in [0.29, 0.717) is 0 Å². The zero-order chi connectivity index (χ0) is 12.8. The van der Waals surface area contributed by atoms with E-state index in [1.54, 1.807) is 20.8 Å². The number of amidine groups is 1. The van der Waals surface area contributed by atoms with Crippen LogP contribution in [0.2, 0.25) is 0 Å². The van der Waals surface area contributed by atoms with Gasteiger partial charge < -0.3 is 10.1 Å². The maximum absolute atomic E-state index is 11.4. The Labute approximate surface area is 99.7 Å². The third-order valence-corrected chi connectivity index (χ3v) is 1.76. The summed E-state index contributed by atoms with van der Waals surface area (Å²) in [5, 5.41) is 12.7. The van der Waals surface area contributed by atoms with Gasteiger partial charge in [-0.3, -0.25) is 5.41 Å². The van der Waals surface area contributed by atoms with Crippen molar-refractivity contribution in [2.75, 3.05) is 5.75 Å². The van der Waals surface area contributed by atoms with E-state index in [0.717, 1.165) is 0 Å². The summed E-state index contributed by atoms with van der Waals surface area (Å²) in [7, 11) is 0. The third-order valence-electron chi connectivity index (χ3n) is 1.40. The van der Waals surface area contributed by atoms with E-state index in [1.165, 1.54) is 0 Å². The fourth-order valence-corrected chi connectivity index (χ4v) is 1.07. The predicted octanol–water partition coefficient (Wildman–Crippen LogP) is 1.32. The Bertz CT molecular complexity index is 276. The molecule has 4 N–H and O–H groups in total. The van der Waals surface area contributed by atoms with Crippen LogP contribution >= 0.6 is 12.6 Å². The Kier molecular flexibility index (Phi) is 5.79. The molecule has 0 aliphatic rings. The van der Waals surface area contributed by atoms with Crippen molar-refractivity contribution in [3.05, 3.63) is 0 Å². The Hall–Kier alpha value is -1.31. The summed E-state index contributed by atoms with van der Waals surface area (Å²) in [6, 6.07) is -0.660. The van der Waals surface area contributed by atoms with Gasteiger partial charge in [0.25, 0.3) is 0 Å². The standard InChI is InChI=1S/C8H17N5O2S/c1-8(2,3)15-7(14)11-5(4-16)6(9)12-13-10/h5,16H,4H2,1-3H3,(H,11,14)(H3,9,10,12)/t5-/m0/s1. The highest BCUT2D eigenvalue weighted by Gasteiger charge is 2.21. The van der Waals surface area contributed by atoms with Crippen LogP contribution in [0.15, 0.2) is 5.22 Å². The number of amides is 1. The predicted molar refractivity (Wildman–Crippen MR) is 63.0 cm³/mol. The number of hydrogen-bond acceptors (Lipinski definition) is 6. The van der Waals surface area contributed by atoms with Crippen LogP contribution in [0.4, 0.5) is 4.79 Å². The van der Waals surface area contributed by atoms with E-state index < -0.39 is 17.7 Å². The second-order valence-electron chi connectivity index (χ2n) is 4.02. The van der Waals surface area contributed by atoms with Gasteiger partial charge in [0.15, 0.2) is 0 Å². The van der Waals surface area contributed by atoms with Gasteiger partial charge in [-0.1, -0.05) is 5.22 Å². The van der Waals surface area contributed by atoms with Gasteiger partial charge in [-0.2, -0.15) is 18.2 Å². The molecule has 0 saturated carbocycles. The van der Waals surface area contributed by atoms with Crippen LogP contribution in [0.5, 0.6) is 0 Å². The molecule has 0 bridgehead atoms. The molecule has 7 nitrogen and oxygen atoms in total. The van der Waals surface area contributed by atoms with Crippen LogP contribution in [-0.2, 0) is 4.74 Å². The van der Waals surface area contributed by atoms with Crippen LogP contribution in [0.1, 0.15) is 20.8 Å². The molecule has 0 heterocycles. The molecule has 0 fully saturated rings. The molecule has 1 atom stereocenters. The van der Waals surface area contributed by atoms with E-state index in [4.69, 9.17) is 15.7 Å². The van der Waals surface area contributed by atoms with Crippen molar-refractivity contribution in [2.24, 2.45) is 5.22 Å². The molecule has 0 spiro atoms. The van der Waals surface area contributed by atoms with E-state index in [2.05, 4.69) is 28.6 Å². The van der Waals surface area contributed by atoms with Crippen LogP contribution in [0, 0.1) is 10.9 Å². The van der Waals surface area contributed by atoms with E-state index in [1.807, 2.05) is 0 Å². The van der Waals surface area contributed by atoms with E-state index >= 15 is 0 Å². The molecule has 0 saturated heterocycles. The zero-order valence-corrected chi connectivity index (χ0v) is 10.4. The largest absolute Gasteiger partial charge is 0.444 e. The number of carbonyl (C=O) groups excluding carboxylic acids is 1. The number of nitrogens with one attached hydrogen (secondary N) is 4. The van der Waals surface area contributed by atoms with Crippen molar-refractivity contribution in [3.63, 3.8) is 0 Å². The minimum absolute atomic E-state index is 0.115. The molecule has 0 radical (unpaired) electrons. The first-order valence-electron chi connectivity index (χ1n) is 4.61. The normalized spacial score (nSPS) is 12.5. The Morgan fingerprint density at radius 2 is 2.12 bits per heavy atom. The quantitative estimate of drug-likeness (QED) is 0.170. The first-order chi connectivity index (χ1) is 7.30. The average Bonchev–Trinajstić information content (AvgIpc) is 2.11. The van der Waals surface area contributed by atoms with Crippen molar-refractivity contribution in [3.8, 4) is 0 Å². The fourth-order valence-electron chi connectivity index (χ4n) is 0.797. The summed E-state index contributed by atoms with van der Waals surface area (Å²) in [5.74, 6) is 0.0940. The first-order valence-corrected chi connectivity index (χ1v) is 5.24. The summed E-state index contributed by atoms with van der Waals surface area (Å²) in [5.41, 5.74) is 8.06. The highest BCUT2D eigenvalue weighted by atomic mass is 32.1. The number of carbonyl (C=O) groups is 1. The second kappa shape index (κ2) is 6.31. The molecule has 0 aliphatic carbocycles. The lowest BCUT2D eigenvalue weighted by Crippen LogP contribution is -2.47. The van der Waals surface area contributed by atoms with Gasteiger partial charge in [0, 0.05) is 5.75 Å². The number of nitrogens with zero attached hydrogens (tertiary/aromatic N) is 1. The maximum Gasteiger partial charge on any atom is 0.408 e. The number of ether oxygens (including phenoxy) is 1. The van der Waals surface area contributed by atoms with Gasteiger partial charge in [0.1, 0.15) is 11.4 Å². The van der Waals surface area contributed by atoms with Crippen molar-refractivity contribution >= 4 is 24.6 Å². The van der Waals surface area contributed by atoms with Crippen LogP contribution in [-0.4, -0.2) is 29.3 Å². The molecular weight excluding hydrogens is 230 g/mol. The molecule has 16 heavy (non-hydrogen) atoms. The molecule has 0 rings (SSSR count). The summed E-state index contributed by atoms with van der Waals surface area (Å²) in [6.45, 7) is 5.22. The van der Waals surface area contributed by atoms with Gasteiger partial charge in [-0.25, -0.2) is 10.2 Å². The zero-order valence-electron chi connectivity index (χ0n) is 9.50. The highest BCUT2D eigenvalue weighted by molar-refractivity contribution is 7.80. The van der Waals surface area contributed by atoms with Crippen LogP contribution < -0.4 is 10.7 Å². The summed E-state index contributed by atoms with van der Waals surface area (Å²) >= 11 is 3.98. The number of thiol groups is 1. The molecule has 92 valence electrons. The Balaban J connectivity index is 4.27. The Morgan fingerprint density at radius 3 is 2.50 bits per heavy atom. The van der Waals surface area contributed by atoms with Crippen LogP contribution in [0.3, 0.4) is 0 Å². The Morgan fingerprint density at radius 1 is 1.56 bits per heavy atom. The first kappa shape index (κ1) is 14.7. The van der Waals surface area contributed by atoms with Crippen molar-refractivity contribution in [2.45, 2.75) is 32.4 Å². The van der Waals surface area contributed by atoms with E-state index in [-0.39, 0.29) is 11.6 Å². The SMILES string of the molecule is CC(C)(C)OC(=O)N[C@@H](CS)C(=N)NN=N. The molecule has 0 aliphatic heterocycles. The molecule has 8 heteroatoms. The average molecular weight is 247 g/mol. The lowest BCUT2D eigenvalue weighted by Gasteiger charge is -2.22. The van der Waals surface area contributed by atoms with Crippen LogP contribution in [0.25, 0.3) is 0 Å². The molecule has 0 unspecified atom stereocenters. The second-order valence-corrected chi connectivity index (χ2v) is 4.38. The van der Waals surface area contributed by atoms with Crippen molar-refractivity contribution < 1.29 is 9.53 Å². The number of hydrogen-bond donors (Lipinski definition) is 5. The van der Waals surface area contributed by atoms with Gasteiger partial charge >= 0.3 is 6.09 Å². The molecule has 0 aromatic heterocycles. The highest BCUT2D eigenvalue weighted by Crippen LogP contribution is 2.06.